The summed E-state index contributed by atoms with van der Waals surface area (Å²) in [5.41, 5.74) is 5.39. The molecule has 2 heterocycles. The van der Waals surface area contributed by atoms with E-state index in [-0.39, 0.29) is 17.6 Å². The van der Waals surface area contributed by atoms with Crippen LogP contribution in [-0.2, 0) is 17.8 Å². The summed E-state index contributed by atoms with van der Waals surface area (Å²) >= 11 is 0. The van der Waals surface area contributed by atoms with E-state index in [9.17, 15) is 14.3 Å². The van der Waals surface area contributed by atoms with Gasteiger partial charge in [0.1, 0.15) is 5.82 Å². The van der Waals surface area contributed by atoms with E-state index < -0.39 is 0 Å². The molecular weight excluding hydrogens is 505 g/mol. The number of likely N-dealkylation sites (N-methyl/N-ethyl adjacent to an activating group) is 1. The first-order chi connectivity index (χ1) is 19.3. The van der Waals surface area contributed by atoms with Crippen molar-refractivity contribution < 1.29 is 14.3 Å². The van der Waals surface area contributed by atoms with Gasteiger partial charge in [-0.3, -0.25) is 4.79 Å². The number of aliphatic imine (C=N–C) groups is 1. The van der Waals surface area contributed by atoms with Gasteiger partial charge in [0, 0.05) is 50.1 Å². The van der Waals surface area contributed by atoms with Crippen LogP contribution in [0.1, 0.15) is 28.7 Å². The SMILES string of the molecule is CN(C)Cc1ccc(N=C(c2ccc(CCC(=O)N3CCN(C)CC3)cc2)c2c(O)[nH]c3cc(F)ccc23)cc1. The van der Waals surface area contributed by atoms with Crippen molar-refractivity contribution in [2.24, 2.45) is 4.99 Å². The van der Waals surface area contributed by atoms with Crippen molar-refractivity contribution in [3.63, 3.8) is 0 Å². The quantitative estimate of drug-likeness (QED) is 0.310. The zero-order chi connectivity index (χ0) is 28.2. The Bertz CT molecular complexity index is 1500. The molecule has 1 amide bonds. The second-order valence-electron chi connectivity index (χ2n) is 10.8. The minimum absolute atomic E-state index is 0.0644. The Hall–Kier alpha value is -4.01. The molecule has 0 atom stereocenters. The number of aromatic hydroxyl groups is 1. The number of fused-ring (bicyclic) bond motifs is 1. The van der Waals surface area contributed by atoms with Crippen molar-refractivity contribution in [2.75, 3.05) is 47.3 Å². The van der Waals surface area contributed by atoms with Crippen LogP contribution in [0.2, 0.25) is 0 Å². The monoisotopic (exact) mass is 541 g/mol. The molecule has 2 N–H and O–H groups in total. The summed E-state index contributed by atoms with van der Waals surface area (Å²) in [6.07, 6.45) is 1.13. The van der Waals surface area contributed by atoms with E-state index >= 15 is 0 Å². The number of hydrogen-bond donors (Lipinski definition) is 2. The van der Waals surface area contributed by atoms with Crippen LogP contribution in [0, 0.1) is 5.82 Å². The molecule has 0 aliphatic carbocycles. The largest absolute Gasteiger partial charge is 0.494 e. The van der Waals surface area contributed by atoms with Crippen molar-refractivity contribution >= 4 is 28.2 Å². The van der Waals surface area contributed by atoms with Crippen LogP contribution in [0.15, 0.2) is 71.7 Å². The summed E-state index contributed by atoms with van der Waals surface area (Å²) in [6.45, 7) is 4.21. The number of nitrogens with one attached hydrogen (secondary N) is 1. The van der Waals surface area contributed by atoms with Crippen molar-refractivity contribution in [2.45, 2.75) is 19.4 Å². The maximum Gasteiger partial charge on any atom is 0.222 e. The summed E-state index contributed by atoms with van der Waals surface area (Å²) in [5, 5.41) is 11.6. The first-order valence-electron chi connectivity index (χ1n) is 13.7. The van der Waals surface area contributed by atoms with Gasteiger partial charge in [-0.05, 0) is 69.0 Å². The molecule has 1 saturated heterocycles. The fourth-order valence-corrected chi connectivity index (χ4v) is 5.12. The van der Waals surface area contributed by atoms with Crippen molar-refractivity contribution in [3.8, 4) is 5.88 Å². The van der Waals surface area contributed by atoms with Crippen LogP contribution < -0.4 is 0 Å². The highest BCUT2D eigenvalue weighted by atomic mass is 19.1. The number of aryl methyl sites for hydroxylation is 1. The molecule has 1 aromatic heterocycles. The van der Waals surface area contributed by atoms with Crippen molar-refractivity contribution in [1.29, 1.82) is 0 Å². The van der Waals surface area contributed by atoms with Crippen molar-refractivity contribution in [1.82, 2.24) is 19.7 Å². The lowest BCUT2D eigenvalue weighted by atomic mass is 9.98. The van der Waals surface area contributed by atoms with Crippen LogP contribution in [0.5, 0.6) is 5.88 Å². The predicted octanol–water partition coefficient (Wildman–Crippen LogP) is 4.95. The fourth-order valence-electron chi connectivity index (χ4n) is 5.12. The van der Waals surface area contributed by atoms with E-state index in [4.69, 9.17) is 4.99 Å². The molecule has 7 nitrogen and oxygen atoms in total. The van der Waals surface area contributed by atoms with E-state index in [2.05, 4.69) is 21.8 Å². The van der Waals surface area contributed by atoms with E-state index in [0.29, 0.717) is 35.0 Å². The van der Waals surface area contributed by atoms with Crippen LogP contribution in [0.3, 0.4) is 0 Å². The highest BCUT2D eigenvalue weighted by Gasteiger charge is 2.21. The molecule has 0 bridgehead atoms. The Morgan fingerprint density at radius 3 is 2.33 bits per heavy atom. The predicted molar refractivity (Wildman–Crippen MR) is 158 cm³/mol. The molecule has 0 saturated carbocycles. The number of halogens is 1. The fraction of sp³-hybridized carbons (Fsp3) is 0.312. The van der Waals surface area contributed by atoms with Gasteiger partial charge in [-0.2, -0.15) is 0 Å². The summed E-state index contributed by atoms with van der Waals surface area (Å²) in [5.74, 6) is -0.260. The number of carbonyl (C=O) groups excluding carboxylic acids is 1. The van der Waals surface area contributed by atoms with Gasteiger partial charge in [0.25, 0.3) is 0 Å². The van der Waals surface area contributed by atoms with E-state index in [0.717, 1.165) is 49.5 Å². The highest BCUT2D eigenvalue weighted by molar-refractivity contribution is 6.21. The molecule has 0 unspecified atom stereocenters. The smallest absolute Gasteiger partial charge is 0.222 e. The van der Waals surface area contributed by atoms with E-state index in [1.807, 2.05) is 67.5 Å². The number of hydrogen-bond acceptors (Lipinski definition) is 5. The molecule has 1 aliphatic heterocycles. The Morgan fingerprint density at radius 1 is 0.975 bits per heavy atom. The van der Waals surface area contributed by atoms with Gasteiger partial charge in [0.2, 0.25) is 5.91 Å². The molecule has 208 valence electrons. The number of rotatable bonds is 8. The lowest BCUT2D eigenvalue weighted by Gasteiger charge is -2.32. The Morgan fingerprint density at radius 2 is 1.65 bits per heavy atom. The summed E-state index contributed by atoms with van der Waals surface area (Å²) in [6, 6.07) is 20.4. The minimum atomic E-state index is -0.384. The third-order valence-electron chi connectivity index (χ3n) is 7.36. The Balaban J connectivity index is 1.43. The van der Waals surface area contributed by atoms with E-state index in [1.165, 1.54) is 17.7 Å². The molecule has 1 fully saturated rings. The number of aromatic amines is 1. The Kier molecular flexibility index (Phi) is 8.28. The second-order valence-corrected chi connectivity index (χ2v) is 10.8. The number of amides is 1. The number of carbonyl (C=O) groups is 1. The summed E-state index contributed by atoms with van der Waals surface area (Å²) in [4.78, 5) is 26.9. The molecule has 4 aromatic rings. The lowest BCUT2D eigenvalue weighted by molar-refractivity contribution is -0.132. The Labute approximate surface area is 234 Å². The number of piperazine rings is 1. The molecule has 0 spiro atoms. The lowest BCUT2D eigenvalue weighted by Crippen LogP contribution is -2.47. The first kappa shape index (κ1) is 27.6. The number of aromatic nitrogens is 1. The van der Waals surface area contributed by atoms with Gasteiger partial charge in [0.15, 0.2) is 5.88 Å². The molecule has 0 radical (unpaired) electrons. The highest BCUT2D eigenvalue weighted by Crippen LogP contribution is 2.32. The minimum Gasteiger partial charge on any atom is -0.494 e. The zero-order valence-electron chi connectivity index (χ0n) is 23.3. The number of nitrogens with zero attached hydrogens (tertiary/aromatic N) is 4. The first-order valence-corrected chi connectivity index (χ1v) is 13.7. The van der Waals surface area contributed by atoms with Gasteiger partial charge in [-0.15, -0.1) is 0 Å². The van der Waals surface area contributed by atoms with Crippen LogP contribution in [-0.4, -0.2) is 83.7 Å². The standard InChI is InChI=1S/C32H36FN5O2/c1-36(2)21-23-6-12-26(13-7-23)34-31(30-27-14-11-25(33)20-28(27)35-32(30)40)24-9-4-22(5-10-24)8-15-29(39)38-18-16-37(3)17-19-38/h4-7,9-14,20,35,40H,8,15-19,21H2,1-3H3. The van der Waals surface area contributed by atoms with E-state index in [1.54, 1.807) is 6.07 Å². The normalized spacial score (nSPS) is 14.8. The molecule has 5 rings (SSSR count). The topological polar surface area (TPSA) is 75.2 Å². The van der Waals surface area contributed by atoms with Gasteiger partial charge in [-0.1, -0.05) is 36.4 Å². The van der Waals surface area contributed by atoms with Gasteiger partial charge in [0.05, 0.1) is 22.5 Å². The number of H-pyrrole nitrogens is 1. The third kappa shape index (κ3) is 6.41. The third-order valence-corrected chi connectivity index (χ3v) is 7.36. The molecule has 8 heteroatoms. The second kappa shape index (κ2) is 12.0. The zero-order valence-corrected chi connectivity index (χ0v) is 23.3. The molecular formula is C32H36FN5O2. The van der Waals surface area contributed by atoms with Crippen LogP contribution in [0.4, 0.5) is 10.1 Å². The summed E-state index contributed by atoms with van der Waals surface area (Å²) in [7, 11) is 6.13. The molecule has 3 aromatic carbocycles. The maximum atomic E-state index is 13.9. The average molecular weight is 542 g/mol. The average Bonchev–Trinajstić information content (AvgIpc) is 3.26. The maximum absolute atomic E-state index is 13.9. The number of benzene rings is 3. The summed E-state index contributed by atoms with van der Waals surface area (Å²) < 4.78 is 13.9. The molecule has 40 heavy (non-hydrogen) atoms. The molecule has 1 aliphatic rings. The van der Waals surface area contributed by atoms with Crippen LogP contribution in [0.25, 0.3) is 10.9 Å². The van der Waals surface area contributed by atoms with Crippen molar-refractivity contribution in [3.05, 3.63) is 94.8 Å². The van der Waals surface area contributed by atoms with Crippen LogP contribution >= 0.6 is 0 Å². The van der Waals surface area contributed by atoms with Gasteiger partial charge < -0.3 is 24.8 Å². The van der Waals surface area contributed by atoms with Gasteiger partial charge in [-0.25, -0.2) is 9.38 Å². The van der Waals surface area contributed by atoms with Gasteiger partial charge >= 0.3 is 0 Å².